The van der Waals surface area contributed by atoms with Crippen LogP contribution in [0.15, 0.2) is 24.3 Å². The molecule has 0 bridgehead atoms. The summed E-state index contributed by atoms with van der Waals surface area (Å²) in [6, 6.07) is 6.85. The Labute approximate surface area is 127 Å². The molecule has 1 aromatic carbocycles. The van der Waals surface area contributed by atoms with Crippen molar-refractivity contribution in [1.29, 1.82) is 0 Å². The van der Waals surface area contributed by atoms with Gasteiger partial charge in [0.05, 0.1) is 12.7 Å². The summed E-state index contributed by atoms with van der Waals surface area (Å²) in [6.45, 7) is 8.46. The first-order valence-corrected chi connectivity index (χ1v) is 7.66. The van der Waals surface area contributed by atoms with Crippen LogP contribution in [0.25, 0.3) is 0 Å². The fourth-order valence-corrected chi connectivity index (χ4v) is 2.45. The van der Waals surface area contributed by atoms with Gasteiger partial charge >= 0.3 is 0 Å². The Balaban J connectivity index is 2.71. The van der Waals surface area contributed by atoms with Crippen molar-refractivity contribution in [3.63, 3.8) is 0 Å². The molecule has 0 fully saturated rings. The molecular formula is C17H28FNO2. The number of aliphatic hydroxyl groups is 1. The predicted octanol–water partition coefficient (Wildman–Crippen LogP) is 3.24. The summed E-state index contributed by atoms with van der Waals surface area (Å²) in [5.41, 5.74) is 0.376. The maximum atomic E-state index is 13.8. The molecule has 0 aliphatic heterocycles. The molecule has 0 aliphatic rings. The van der Waals surface area contributed by atoms with Crippen molar-refractivity contribution in [2.75, 3.05) is 26.8 Å². The molecule has 3 unspecified atom stereocenters. The Kier molecular flexibility index (Phi) is 7.86. The Bertz CT molecular complexity index is 414. The van der Waals surface area contributed by atoms with E-state index in [4.69, 9.17) is 4.74 Å². The lowest BCUT2D eigenvalue weighted by Gasteiger charge is -2.32. The third-order valence-corrected chi connectivity index (χ3v) is 4.08. The summed E-state index contributed by atoms with van der Waals surface area (Å²) in [5.74, 6) is -0.392. The largest absolute Gasteiger partial charge is 0.388 e. The average Bonchev–Trinajstić information content (AvgIpc) is 2.50. The lowest BCUT2D eigenvalue weighted by molar-refractivity contribution is 0.0585. The third kappa shape index (κ3) is 5.38. The normalized spacial score (nSPS) is 16.0. The van der Waals surface area contributed by atoms with E-state index in [0.29, 0.717) is 24.8 Å². The molecule has 0 heterocycles. The van der Waals surface area contributed by atoms with Crippen molar-refractivity contribution < 1.29 is 14.2 Å². The zero-order chi connectivity index (χ0) is 15.8. The molecule has 1 aromatic rings. The zero-order valence-corrected chi connectivity index (χ0v) is 13.6. The number of aliphatic hydroxyl groups excluding tert-OH is 1. The Morgan fingerprint density at radius 3 is 2.52 bits per heavy atom. The fourth-order valence-electron chi connectivity index (χ4n) is 2.45. The SMILES string of the molecule is CCC(C)N(CCOC)CC(C)C(O)c1ccccc1F. The number of rotatable bonds is 9. The van der Waals surface area contributed by atoms with Crippen LogP contribution in [-0.4, -0.2) is 42.9 Å². The van der Waals surface area contributed by atoms with Gasteiger partial charge in [-0.1, -0.05) is 32.0 Å². The van der Waals surface area contributed by atoms with Crippen molar-refractivity contribution in [1.82, 2.24) is 4.90 Å². The molecule has 0 amide bonds. The van der Waals surface area contributed by atoms with Crippen LogP contribution in [0, 0.1) is 11.7 Å². The standard InChI is InChI=1S/C17H28FNO2/c1-5-14(3)19(10-11-21-4)12-13(2)17(20)15-8-6-7-9-16(15)18/h6-9,13-14,17,20H,5,10-12H2,1-4H3. The van der Waals surface area contributed by atoms with Gasteiger partial charge in [0.15, 0.2) is 0 Å². The van der Waals surface area contributed by atoms with Crippen molar-refractivity contribution >= 4 is 0 Å². The molecule has 0 aromatic heterocycles. The first-order chi connectivity index (χ1) is 10.0. The van der Waals surface area contributed by atoms with E-state index in [0.717, 1.165) is 13.0 Å². The zero-order valence-electron chi connectivity index (χ0n) is 13.6. The maximum absolute atomic E-state index is 13.8. The fraction of sp³-hybridized carbons (Fsp3) is 0.647. The highest BCUT2D eigenvalue weighted by atomic mass is 19.1. The minimum atomic E-state index is -0.791. The van der Waals surface area contributed by atoms with Crippen LogP contribution in [0.4, 0.5) is 4.39 Å². The molecule has 1 N–H and O–H groups in total. The molecule has 4 heteroatoms. The summed E-state index contributed by atoms with van der Waals surface area (Å²) < 4.78 is 18.9. The van der Waals surface area contributed by atoms with E-state index >= 15 is 0 Å². The summed E-state index contributed by atoms with van der Waals surface area (Å²) in [6.07, 6.45) is 0.243. The van der Waals surface area contributed by atoms with Crippen LogP contribution >= 0.6 is 0 Å². The van der Waals surface area contributed by atoms with Gasteiger partial charge in [-0.3, -0.25) is 4.90 Å². The molecule has 0 spiro atoms. The van der Waals surface area contributed by atoms with Gasteiger partial charge in [0, 0.05) is 31.8 Å². The van der Waals surface area contributed by atoms with Crippen molar-refractivity contribution in [2.24, 2.45) is 5.92 Å². The molecule has 0 saturated carbocycles. The number of methoxy groups -OCH3 is 1. The van der Waals surface area contributed by atoms with E-state index in [9.17, 15) is 9.50 Å². The van der Waals surface area contributed by atoms with Crippen LogP contribution in [-0.2, 0) is 4.74 Å². The number of nitrogens with zero attached hydrogens (tertiary/aromatic N) is 1. The van der Waals surface area contributed by atoms with Gasteiger partial charge in [0.1, 0.15) is 5.82 Å². The minimum Gasteiger partial charge on any atom is -0.388 e. The highest BCUT2D eigenvalue weighted by Crippen LogP contribution is 2.25. The number of halogens is 1. The third-order valence-electron chi connectivity index (χ3n) is 4.08. The molecule has 21 heavy (non-hydrogen) atoms. The first kappa shape index (κ1) is 18.1. The molecule has 0 saturated heterocycles. The maximum Gasteiger partial charge on any atom is 0.129 e. The number of ether oxygens (including phenoxy) is 1. The Morgan fingerprint density at radius 1 is 1.29 bits per heavy atom. The van der Waals surface area contributed by atoms with Gasteiger partial charge in [-0.05, 0) is 25.3 Å². The van der Waals surface area contributed by atoms with E-state index in [-0.39, 0.29) is 11.7 Å². The minimum absolute atomic E-state index is 0.0484. The second-order valence-corrected chi connectivity index (χ2v) is 5.69. The molecule has 3 nitrogen and oxygen atoms in total. The molecule has 3 atom stereocenters. The molecule has 120 valence electrons. The number of hydrogen-bond acceptors (Lipinski definition) is 3. The van der Waals surface area contributed by atoms with E-state index in [1.54, 1.807) is 25.3 Å². The van der Waals surface area contributed by atoms with Crippen LogP contribution in [0.2, 0.25) is 0 Å². The quantitative estimate of drug-likeness (QED) is 0.759. The summed E-state index contributed by atoms with van der Waals surface area (Å²) in [5, 5.41) is 10.4. The highest BCUT2D eigenvalue weighted by Gasteiger charge is 2.23. The average molecular weight is 297 g/mol. The van der Waals surface area contributed by atoms with Crippen molar-refractivity contribution in [2.45, 2.75) is 39.3 Å². The summed E-state index contributed by atoms with van der Waals surface area (Å²) in [4.78, 5) is 2.29. The van der Waals surface area contributed by atoms with E-state index in [2.05, 4.69) is 18.7 Å². The van der Waals surface area contributed by atoms with Gasteiger partial charge < -0.3 is 9.84 Å². The van der Waals surface area contributed by atoms with Crippen LogP contribution in [0.5, 0.6) is 0 Å². The van der Waals surface area contributed by atoms with Crippen molar-refractivity contribution in [3.05, 3.63) is 35.6 Å². The predicted molar refractivity (Wildman–Crippen MR) is 83.7 cm³/mol. The topological polar surface area (TPSA) is 32.7 Å². The monoisotopic (exact) mass is 297 g/mol. The van der Waals surface area contributed by atoms with Crippen LogP contribution in [0.3, 0.4) is 0 Å². The Morgan fingerprint density at radius 2 is 1.95 bits per heavy atom. The first-order valence-electron chi connectivity index (χ1n) is 7.66. The molecule has 1 rings (SSSR count). The van der Waals surface area contributed by atoms with E-state index < -0.39 is 6.10 Å². The van der Waals surface area contributed by atoms with Gasteiger partial charge in [-0.2, -0.15) is 0 Å². The van der Waals surface area contributed by atoms with Crippen LogP contribution < -0.4 is 0 Å². The van der Waals surface area contributed by atoms with Gasteiger partial charge in [-0.15, -0.1) is 0 Å². The van der Waals surface area contributed by atoms with E-state index in [1.807, 2.05) is 6.92 Å². The van der Waals surface area contributed by atoms with E-state index in [1.165, 1.54) is 6.07 Å². The van der Waals surface area contributed by atoms with Gasteiger partial charge in [0.25, 0.3) is 0 Å². The Hall–Kier alpha value is -0.970. The second-order valence-electron chi connectivity index (χ2n) is 5.69. The summed E-state index contributed by atoms with van der Waals surface area (Å²) in [7, 11) is 1.69. The molecule has 0 aliphatic carbocycles. The summed E-state index contributed by atoms with van der Waals surface area (Å²) >= 11 is 0. The molecule has 0 radical (unpaired) electrons. The lowest BCUT2D eigenvalue weighted by atomic mass is 9.96. The second kappa shape index (κ2) is 9.13. The van der Waals surface area contributed by atoms with Gasteiger partial charge in [0.2, 0.25) is 0 Å². The highest BCUT2D eigenvalue weighted by molar-refractivity contribution is 5.20. The smallest absolute Gasteiger partial charge is 0.129 e. The van der Waals surface area contributed by atoms with Crippen LogP contribution in [0.1, 0.15) is 38.9 Å². The molecular weight excluding hydrogens is 269 g/mol. The van der Waals surface area contributed by atoms with Crippen molar-refractivity contribution in [3.8, 4) is 0 Å². The van der Waals surface area contributed by atoms with Gasteiger partial charge in [-0.25, -0.2) is 4.39 Å². The lowest BCUT2D eigenvalue weighted by Crippen LogP contribution is -2.39. The number of benzene rings is 1. The number of hydrogen-bond donors (Lipinski definition) is 1.